The second-order valence-electron chi connectivity index (χ2n) is 16.7. The van der Waals surface area contributed by atoms with Crippen LogP contribution in [0.5, 0.6) is 0 Å². The zero-order valence-corrected chi connectivity index (χ0v) is 36.2. The highest BCUT2D eigenvalue weighted by atomic mass is 15.1. The molecule has 0 saturated heterocycles. The number of hydrogen-bond acceptors (Lipinski definition) is 3. The average molecular weight is 842 g/mol. The lowest BCUT2D eigenvalue weighted by Gasteiger charge is -2.26. The Morgan fingerprint density at radius 2 is 0.606 bits per heavy atom. The Labute approximate surface area is 384 Å². The molecule has 0 spiro atoms. The molecule has 0 radical (unpaired) electrons. The molecule has 0 atom stereocenters. The van der Waals surface area contributed by atoms with Crippen LogP contribution in [0.4, 0.5) is 34.1 Å². The Bertz CT molecular complexity index is 3590. The molecule has 0 unspecified atom stereocenters. The van der Waals surface area contributed by atoms with Crippen molar-refractivity contribution in [2.75, 3.05) is 9.80 Å². The van der Waals surface area contributed by atoms with Gasteiger partial charge in [0.05, 0.1) is 11.2 Å². The van der Waals surface area contributed by atoms with Crippen molar-refractivity contribution in [1.82, 2.24) is 4.98 Å². The third kappa shape index (κ3) is 7.00. The van der Waals surface area contributed by atoms with Gasteiger partial charge in [0.25, 0.3) is 0 Å². The van der Waals surface area contributed by atoms with Crippen molar-refractivity contribution >= 4 is 77.3 Å². The van der Waals surface area contributed by atoms with Gasteiger partial charge in [0, 0.05) is 50.5 Å². The van der Waals surface area contributed by atoms with E-state index in [-0.39, 0.29) is 0 Å². The van der Waals surface area contributed by atoms with E-state index in [1.54, 1.807) is 0 Å². The van der Waals surface area contributed by atoms with Gasteiger partial charge in [-0.1, -0.05) is 176 Å². The van der Waals surface area contributed by atoms with Gasteiger partial charge in [-0.25, -0.2) is 4.98 Å². The number of aromatic nitrogens is 1. The van der Waals surface area contributed by atoms with E-state index in [1.165, 1.54) is 38.1 Å². The van der Waals surface area contributed by atoms with Crippen molar-refractivity contribution < 1.29 is 0 Å². The summed E-state index contributed by atoms with van der Waals surface area (Å²) in [7, 11) is 0. The topological polar surface area (TPSA) is 19.4 Å². The van der Waals surface area contributed by atoms with Gasteiger partial charge >= 0.3 is 0 Å². The summed E-state index contributed by atoms with van der Waals surface area (Å²) < 4.78 is 0. The second kappa shape index (κ2) is 16.7. The van der Waals surface area contributed by atoms with Crippen LogP contribution in [0.3, 0.4) is 0 Å². The monoisotopic (exact) mass is 841 g/mol. The zero-order chi connectivity index (χ0) is 43.8. The highest BCUT2D eigenvalue weighted by Crippen LogP contribution is 2.46. The van der Waals surface area contributed by atoms with E-state index < -0.39 is 0 Å². The van der Waals surface area contributed by atoms with Crippen molar-refractivity contribution in [2.45, 2.75) is 0 Å². The van der Waals surface area contributed by atoms with Gasteiger partial charge < -0.3 is 9.80 Å². The summed E-state index contributed by atoms with van der Waals surface area (Å²) in [4.78, 5) is 10.0. The maximum atomic E-state index is 5.38. The van der Waals surface area contributed by atoms with Gasteiger partial charge in [0.15, 0.2) is 0 Å². The lowest BCUT2D eigenvalue weighted by molar-refractivity contribution is 1.28. The van der Waals surface area contributed by atoms with Crippen LogP contribution in [0.15, 0.2) is 261 Å². The first-order valence-electron chi connectivity index (χ1n) is 22.5. The standard InChI is InChI=1S/C63H43N3/c1-5-18-49(19-6-1)65(50-20-7-2-8-21-50)53-37-31-45(32-38-53)61-56-27-15-16-28-57(56)62(46-33-39-54(40-34-46)66(51-22-9-3-10-23-51)52-24-11-4-12-25-52)59-43-48(35-41-58(59)61)60-42-36-47-30-29-44-17-13-14-26-55(44)63(47)64-60/h1-43H. The fourth-order valence-electron chi connectivity index (χ4n) is 9.74. The van der Waals surface area contributed by atoms with Crippen molar-refractivity contribution in [1.29, 1.82) is 0 Å². The van der Waals surface area contributed by atoms with Crippen LogP contribution in [0.2, 0.25) is 0 Å². The van der Waals surface area contributed by atoms with Gasteiger partial charge in [-0.2, -0.15) is 0 Å². The Hall–Kier alpha value is -8.79. The maximum Gasteiger partial charge on any atom is 0.0787 e. The van der Waals surface area contributed by atoms with Crippen LogP contribution in [0, 0.1) is 0 Å². The summed E-state index contributed by atoms with van der Waals surface area (Å²) in [6.45, 7) is 0. The molecule has 3 heteroatoms. The van der Waals surface area contributed by atoms with Crippen LogP contribution in [-0.4, -0.2) is 4.98 Å². The lowest BCUT2D eigenvalue weighted by atomic mass is 9.85. The second-order valence-corrected chi connectivity index (χ2v) is 16.7. The molecule has 66 heavy (non-hydrogen) atoms. The van der Waals surface area contributed by atoms with E-state index >= 15 is 0 Å². The normalized spacial score (nSPS) is 11.3. The van der Waals surface area contributed by atoms with Gasteiger partial charge in [0.2, 0.25) is 0 Å². The minimum absolute atomic E-state index is 0.949. The Balaban J connectivity index is 1.06. The van der Waals surface area contributed by atoms with E-state index in [9.17, 15) is 0 Å². The minimum Gasteiger partial charge on any atom is -0.311 e. The third-order valence-electron chi connectivity index (χ3n) is 12.8. The molecule has 0 saturated carbocycles. The van der Waals surface area contributed by atoms with Crippen LogP contribution >= 0.6 is 0 Å². The number of hydrogen-bond donors (Lipinski definition) is 0. The smallest absolute Gasteiger partial charge is 0.0787 e. The van der Waals surface area contributed by atoms with E-state index in [0.717, 1.165) is 72.8 Å². The number of nitrogens with zero attached hydrogens (tertiary/aromatic N) is 3. The lowest BCUT2D eigenvalue weighted by Crippen LogP contribution is -2.09. The molecule has 0 aliphatic rings. The first-order valence-corrected chi connectivity index (χ1v) is 22.5. The molecule has 0 fully saturated rings. The van der Waals surface area contributed by atoms with Crippen LogP contribution in [0.25, 0.3) is 76.7 Å². The average Bonchev–Trinajstić information content (AvgIpc) is 3.39. The van der Waals surface area contributed by atoms with Crippen molar-refractivity contribution in [2.24, 2.45) is 0 Å². The SMILES string of the molecule is c1ccc(N(c2ccccc2)c2ccc(-c3c4ccccc4c(-c4ccc(N(c5ccccc5)c5ccccc5)cc4)c4cc(-c5ccc6ccc7ccccc7c6n5)ccc34)cc2)cc1. The quantitative estimate of drug-likeness (QED) is 0.107. The van der Waals surface area contributed by atoms with E-state index in [0.29, 0.717) is 0 Å². The van der Waals surface area contributed by atoms with E-state index in [4.69, 9.17) is 4.98 Å². The molecule has 0 bridgehead atoms. The van der Waals surface area contributed by atoms with Gasteiger partial charge in [0.1, 0.15) is 0 Å². The van der Waals surface area contributed by atoms with Gasteiger partial charge in [-0.15, -0.1) is 0 Å². The number of para-hydroxylation sites is 4. The molecule has 12 rings (SSSR count). The predicted octanol–water partition coefficient (Wildman–Crippen LogP) is 17.6. The molecule has 1 heterocycles. The molecule has 0 amide bonds. The Morgan fingerprint density at radius 1 is 0.242 bits per heavy atom. The predicted molar refractivity (Wildman–Crippen MR) is 280 cm³/mol. The molecule has 11 aromatic carbocycles. The van der Waals surface area contributed by atoms with Crippen molar-refractivity contribution in [3.8, 4) is 33.5 Å². The molecule has 0 aliphatic heterocycles. The number of rotatable bonds is 9. The fraction of sp³-hybridized carbons (Fsp3) is 0. The highest BCUT2D eigenvalue weighted by Gasteiger charge is 2.20. The highest BCUT2D eigenvalue weighted by molar-refractivity contribution is 6.22. The summed E-state index contributed by atoms with van der Waals surface area (Å²) in [6.07, 6.45) is 0. The number of pyridine rings is 1. The van der Waals surface area contributed by atoms with Crippen LogP contribution < -0.4 is 9.80 Å². The molecule has 0 aliphatic carbocycles. The molecule has 3 nitrogen and oxygen atoms in total. The largest absolute Gasteiger partial charge is 0.311 e. The van der Waals surface area contributed by atoms with Crippen LogP contribution in [0.1, 0.15) is 0 Å². The molecule has 1 aromatic heterocycles. The Kier molecular flexibility index (Phi) is 9.85. The molecule has 12 aromatic rings. The number of anilines is 6. The molecular formula is C63H43N3. The molecule has 310 valence electrons. The third-order valence-corrected chi connectivity index (χ3v) is 12.8. The summed E-state index contributed by atoms with van der Waals surface area (Å²) in [5.41, 5.74) is 14.4. The summed E-state index contributed by atoms with van der Waals surface area (Å²) in [6, 6.07) is 93.7. The maximum absolute atomic E-state index is 5.38. The number of benzene rings is 11. The zero-order valence-electron chi connectivity index (χ0n) is 36.2. The summed E-state index contributed by atoms with van der Waals surface area (Å²) in [5, 5.41) is 8.25. The van der Waals surface area contributed by atoms with Crippen molar-refractivity contribution in [3.63, 3.8) is 0 Å². The molecule has 0 N–H and O–H groups in total. The van der Waals surface area contributed by atoms with Crippen molar-refractivity contribution in [3.05, 3.63) is 261 Å². The minimum atomic E-state index is 0.949. The molecular weight excluding hydrogens is 799 g/mol. The summed E-state index contributed by atoms with van der Waals surface area (Å²) in [5.74, 6) is 0. The fourth-order valence-corrected chi connectivity index (χ4v) is 9.74. The van der Waals surface area contributed by atoms with E-state index in [1.807, 2.05) is 0 Å². The van der Waals surface area contributed by atoms with Gasteiger partial charge in [-0.3, -0.25) is 0 Å². The number of fused-ring (bicyclic) bond motifs is 5. The first kappa shape index (κ1) is 38.9. The van der Waals surface area contributed by atoms with E-state index in [2.05, 4.69) is 271 Å². The Morgan fingerprint density at radius 3 is 1.11 bits per heavy atom. The summed E-state index contributed by atoms with van der Waals surface area (Å²) >= 11 is 0. The first-order chi connectivity index (χ1) is 32.7. The van der Waals surface area contributed by atoms with Gasteiger partial charge in [-0.05, 0) is 134 Å². The van der Waals surface area contributed by atoms with Crippen LogP contribution in [-0.2, 0) is 0 Å².